The van der Waals surface area contributed by atoms with E-state index in [2.05, 4.69) is 10.9 Å². The molecule has 0 bridgehead atoms. The molecular weight excluding hydrogens is 314 g/mol. The molecule has 2 amide bonds. The summed E-state index contributed by atoms with van der Waals surface area (Å²) in [6.45, 7) is 1.56. The summed E-state index contributed by atoms with van der Waals surface area (Å²) >= 11 is 0. The van der Waals surface area contributed by atoms with Gasteiger partial charge in [0, 0.05) is 17.7 Å². The van der Waals surface area contributed by atoms with Crippen molar-refractivity contribution in [2.75, 3.05) is 6.61 Å². The van der Waals surface area contributed by atoms with Crippen LogP contribution in [0.1, 0.15) is 15.9 Å². The number of nitro groups is 1. The Morgan fingerprint density at radius 2 is 1.67 bits per heavy atom. The van der Waals surface area contributed by atoms with Crippen LogP contribution in [0, 0.1) is 17.0 Å². The molecule has 2 N–H and O–H groups in total. The molecule has 8 nitrogen and oxygen atoms in total. The van der Waals surface area contributed by atoms with Crippen LogP contribution in [0.15, 0.2) is 48.5 Å². The van der Waals surface area contributed by atoms with E-state index >= 15 is 0 Å². The number of nitro benzene ring substituents is 1. The molecule has 0 atom stereocenters. The maximum absolute atomic E-state index is 11.8. The van der Waals surface area contributed by atoms with E-state index in [-0.39, 0.29) is 12.3 Å². The number of hydrogen-bond donors (Lipinski definition) is 2. The van der Waals surface area contributed by atoms with Gasteiger partial charge in [-0.2, -0.15) is 0 Å². The Bertz CT molecular complexity index is 741. The molecule has 2 aromatic rings. The summed E-state index contributed by atoms with van der Waals surface area (Å²) in [5, 5.41) is 10.5. The van der Waals surface area contributed by atoms with Gasteiger partial charge >= 0.3 is 0 Å². The van der Waals surface area contributed by atoms with Gasteiger partial charge in [-0.05, 0) is 31.2 Å². The molecule has 24 heavy (non-hydrogen) atoms. The Morgan fingerprint density at radius 3 is 2.25 bits per heavy atom. The Balaban J connectivity index is 1.77. The van der Waals surface area contributed by atoms with Crippen molar-refractivity contribution in [3.05, 3.63) is 69.8 Å². The molecule has 0 aromatic heterocycles. The number of carbonyl (C=O) groups excluding carboxylic acids is 2. The van der Waals surface area contributed by atoms with Crippen LogP contribution in [0.3, 0.4) is 0 Å². The third-order valence-corrected chi connectivity index (χ3v) is 3.05. The number of hydrogen-bond acceptors (Lipinski definition) is 5. The molecule has 0 heterocycles. The van der Waals surface area contributed by atoms with Crippen molar-refractivity contribution in [3.63, 3.8) is 0 Å². The van der Waals surface area contributed by atoms with E-state index in [0.29, 0.717) is 11.3 Å². The first kappa shape index (κ1) is 16.9. The van der Waals surface area contributed by atoms with Crippen molar-refractivity contribution in [1.29, 1.82) is 0 Å². The molecule has 0 aliphatic rings. The Morgan fingerprint density at radius 1 is 1.04 bits per heavy atom. The van der Waals surface area contributed by atoms with Crippen molar-refractivity contribution in [3.8, 4) is 5.75 Å². The van der Waals surface area contributed by atoms with Gasteiger partial charge < -0.3 is 4.74 Å². The van der Waals surface area contributed by atoms with Crippen LogP contribution in [0.4, 0.5) is 5.69 Å². The number of nitrogens with zero attached hydrogens (tertiary/aromatic N) is 1. The largest absolute Gasteiger partial charge is 0.484 e. The third kappa shape index (κ3) is 4.80. The first-order valence-corrected chi connectivity index (χ1v) is 6.99. The summed E-state index contributed by atoms with van der Waals surface area (Å²) in [5.41, 5.74) is 5.86. The Hall–Kier alpha value is -3.42. The number of carbonyl (C=O) groups is 2. The summed E-state index contributed by atoms with van der Waals surface area (Å²) in [4.78, 5) is 33.4. The molecule has 0 spiro atoms. The van der Waals surface area contributed by atoms with Gasteiger partial charge in [-0.25, -0.2) is 0 Å². The van der Waals surface area contributed by atoms with E-state index in [4.69, 9.17) is 4.74 Å². The predicted octanol–water partition coefficient (Wildman–Crippen LogP) is 1.74. The highest BCUT2D eigenvalue weighted by Crippen LogP contribution is 2.16. The van der Waals surface area contributed by atoms with Crippen molar-refractivity contribution in [2.24, 2.45) is 0 Å². The zero-order valence-corrected chi connectivity index (χ0v) is 12.8. The zero-order chi connectivity index (χ0) is 17.5. The number of amides is 2. The van der Waals surface area contributed by atoms with Gasteiger partial charge in [0.1, 0.15) is 5.75 Å². The van der Waals surface area contributed by atoms with E-state index < -0.39 is 16.7 Å². The van der Waals surface area contributed by atoms with Crippen LogP contribution in [0.25, 0.3) is 0 Å². The van der Waals surface area contributed by atoms with E-state index in [1.54, 1.807) is 24.3 Å². The van der Waals surface area contributed by atoms with Gasteiger partial charge in [0.15, 0.2) is 6.61 Å². The third-order valence-electron chi connectivity index (χ3n) is 3.05. The number of ether oxygens (including phenoxy) is 1. The lowest BCUT2D eigenvalue weighted by Gasteiger charge is -2.09. The summed E-state index contributed by atoms with van der Waals surface area (Å²) in [6.07, 6.45) is 0. The Kier molecular flexibility index (Phi) is 5.45. The highest BCUT2D eigenvalue weighted by molar-refractivity contribution is 5.95. The molecule has 0 fully saturated rings. The molecule has 0 unspecified atom stereocenters. The van der Waals surface area contributed by atoms with E-state index in [9.17, 15) is 19.7 Å². The fourth-order valence-corrected chi connectivity index (χ4v) is 1.75. The molecule has 2 aromatic carbocycles. The molecule has 124 valence electrons. The van der Waals surface area contributed by atoms with Crippen LogP contribution in [-0.2, 0) is 4.79 Å². The quantitative estimate of drug-likeness (QED) is 0.641. The highest BCUT2D eigenvalue weighted by atomic mass is 16.6. The van der Waals surface area contributed by atoms with E-state index in [1.165, 1.54) is 24.3 Å². The minimum absolute atomic E-state index is 0.0721. The van der Waals surface area contributed by atoms with Crippen molar-refractivity contribution in [2.45, 2.75) is 6.92 Å². The van der Waals surface area contributed by atoms with Crippen molar-refractivity contribution in [1.82, 2.24) is 10.9 Å². The van der Waals surface area contributed by atoms with Gasteiger partial charge in [0.2, 0.25) is 0 Å². The molecule has 0 radical (unpaired) electrons. The molecule has 0 saturated carbocycles. The lowest BCUT2D eigenvalue weighted by molar-refractivity contribution is -0.384. The molecule has 8 heteroatoms. The maximum atomic E-state index is 11.8. The van der Waals surface area contributed by atoms with Crippen LogP contribution >= 0.6 is 0 Å². The van der Waals surface area contributed by atoms with Gasteiger partial charge in [0.25, 0.3) is 17.5 Å². The average Bonchev–Trinajstić information content (AvgIpc) is 2.58. The Labute approximate surface area is 137 Å². The highest BCUT2D eigenvalue weighted by Gasteiger charge is 2.09. The number of rotatable bonds is 5. The smallest absolute Gasteiger partial charge is 0.276 e. The predicted molar refractivity (Wildman–Crippen MR) is 85.4 cm³/mol. The summed E-state index contributed by atoms with van der Waals surface area (Å²) in [7, 11) is 0. The second kappa shape index (κ2) is 7.73. The fraction of sp³-hybridized carbons (Fsp3) is 0.125. The van der Waals surface area contributed by atoms with Gasteiger partial charge in [-0.1, -0.05) is 17.7 Å². The van der Waals surface area contributed by atoms with Crippen LogP contribution < -0.4 is 15.6 Å². The first-order chi connectivity index (χ1) is 11.5. The lowest BCUT2D eigenvalue weighted by atomic mass is 10.1. The van der Waals surface area contributed by atoms with Gasteiger partial charge in [-0.3, -0.25) is 30.6 Å². The molecule has 0 aliphatic carbocycles. The van der Waals surface area contributed by atoms with Crippen LogP contribution in [0.2, 0.25) is 0 Å². The fourth-order valence-electron chi connectivity index (χ4n) is 1.75. The normalized spacial score (nSPS) is 9.88. The number of non-ortho nitro benzene ring substituents is 1. The van der Waals surface area contributed by atoms with Gasteiger partial charge in [0.05, 0.1) is 4.92 Å². The average molecular weight is 329 g/mol. The molecule has 2 rings (SSSR count). The summed E-state index contributed by atoms with van der Waals surface area (Å²) < 4.78 is 5.17. The minimum atomic E-state index is -0.561. The standard InChI is InChI=1S/C16H15N3O5/c1-11-2-4-12(5-3-11)16(21)18-17-15(20)10-24-14-8-6-13(7-9-14)19(22)23/h2-9H,10H2,1H3,(H,17,20)(H,18,21). The number of nitrogens with one attached hydrogen (secondary N) is 2. The molecule has 0 aliphatic heterocycles. The number of benzene rings is 2. The van der Waals surface area contributed by atoms with E-state index in [0.717, 1.165) is 5.56 Å². The lowest BCUT2D eigenvalue weighted by Crippen LogP contribution is -2.43. The summed E-state index contributed by atoms with van der Waals surface area (Å²) in [6, 6.07) is 12.2. The maximum Gasteiger partial charge on any atom is 0.276 e. The van der Waals surface area contributed by atoms with Crippen LogP contribution in [-0.4, -0.2) is 23.3 Å². The molecule has 0 saturated heterocycles. The SMILES string of the molecule is Cc1ccc(C(=O)NNC(=O)COc2ccc([N+](=O)[O-])cc2)cc1. The van der Waals surface area contributed by atoms with E-state index in [1.807, 2.05) is 6.92 Å². The zero-order valence-electron chi connectivity index (χ0n) is 12.8. The first-order valence-electron chi connectivity index (χ1n) is 6.99. The molecular formula is C16H15N3O5. The minimum Gasteiger partial charge on any atom is -0.484 e. The number of aryl methyl sites for hydroxylation is 1. The van der Waals surface area contributed by atoms with Crippen molar-refractivity contribution >= 4 is 17.5 Å². The summed E-state index contributed by atoms with van der Waals surface area (Å²) in [5.74, 6) is -0.701. The monoisotopic (exact) mass is 329 g/mol. The van der Waals surface area contributed by atoms with Crippen molar-refractivity contribution < 1.29 is 19.2 Å². The topological polar surface area (TPSA) is 111 Å². The van der Waals surface area contributed by atoms with Gasteiger partial charge in [-0.15, -0.1) is 0 Å². The van der Waals surface area contributed by atoms with Crippen LogP contribution in [0.5, 0.6) is 5.75 Å². The second-order valence-electron chi connectivity index (χ2n) is 4.91. The second-order valence-corrected chi connectivity index (χ2v) is 4.91. The number of hydrazine groups is 1.